The Bertz CT molecular complexity index is 402. The van der Waals surface area contributed by atoms with Gasteiger partial charge in [0, 0.05) is 13.1 Å². The zero-order valence-corrected chi connectivity index (χ0v) is 20.5. The molecule has 0 saturated carbocycles. The lowest BCUT2D eigenvalue weighted by Gasteiger charge is -2.18. The molecule has 0 saturated heterocycles. The monoisotopic (exact) mass is 433 g/mol. The minimum atomic E-state index is -4.05. The van der Waals surface area contributed by atoms with Crippen LogP contribution in [0.2, 0.25) is 0 Å². The van der Waals surface area contributed by atoms with Gasteiger partial charge in [0.2, 0.25) is 0 Å². The molecular formula is C24H51NO3S. The van der Waals surface area contributed by atoms with Crippen LogP contribution in [0.4, 0.5) is 0 Å². The number of rotatable bonds is 23. The molecule has 0 spiro atoms. The molecule has 0 aromatic carbocycles. The van der Waals surface area contributed by atoms with E-state index in [9.17, 15) is 13.0 Å². The maximum Gasteiger partial charge on any atom is 0.335 e. The molecule has 0 unspecified atom stereocenters. The summed E-state index contributed by atoms with van der Waals surface area (Å²) in [4.78, 5) is 0. The SMILES string of the molecule is CCCCCCCCCCCCN(CCCCCCCCCCCC)S(=O)(=O)O. The average Bonchev–Trinajstić information content (AvgIpc) is 2.68. The number of unbranched alkanes of at least 4 members (excludes halogenated alkanes) is 18. The first-order chi connectivity index (χ1) is 14.0. The van der Waals surface area contributed by atoms with Crippen molar-refractivity contribution in [2.75, 3.05) is 13.1 Å². The highest BCUT2D eigenvalue weighted by atomic mass is 32.2. The predicted molar refractivity (Wildman–Crippen MR) is 127 cm³/mol. The van der Waals surface area contributed by atoms with Crippen molar-refractivity contribution >= 4 is 10.3 Å². The first-order valence-corrected chi connectivity index (χ1v) is 14.1. The number of hydrogen-bond donors (Lipinski definition) is 1. The van der Waals surface area contributed by atoms with Gasteiger partial charge in [-0.1, -0.05) is 129 Å². The molecule has 0 aromatic heterocycles. The molecule has 4 nitrogen and oxygen atoms in total. The molecular weight excluding hydrogens is 382 g/mol. The molecule has 0 rings (SSSR count). The molecule has 0 fully saturated rings. The lowest BCUT2D eigenvalue weighted by Crippen LogP contribution is -2.32. The second-order valence-electron chi connectivity index (χ2n) is 8.74. The third kappa shape index (κ3) is 20.9. The minimum Gasteiger partial charge on any atom is -0.273 e. The largest absolute Gasteiger partial charge is 0.335 e. The molecule has 0 heterocycles. The van der Waals surface area contributed by atoms with Crippen molar-refractivity contribution in [1.82, 2.24) is 4.31 Å². The van der Waals surface area contributed by atoms with Gasteiger partial charge >= 0.3 is 10.3 Å². The van der Waals surface area contributed by atoms with E-state index in [1.807, 2.05) is 0 Å². The highest BCUT2D eigenvalue weighted by Gasteiger charge is 2.17. The molecule has 0 aliphatic heterocycles. The van der Waals surface area contributed by atoms with Gasteiger partial charge < -0.3 is 0 Å². The minimum absolute atomic E-state index is 0.465. The van der Waals surface area contributed by atoms with Crippen LogP contribution in [-0.4, -0.2) is 30.4 Å². The van der Waals surface area contributed by atoms with Gasteiger partial charge in [0.05, 0.1) is 0 Å². The van der Waals surface area contributed by atoms with E-state index in [4.69, 9.17) is 0 Å². The number of nitrogens with zero attached hydrogens (tertiary/aromatic N) is 1. The molecule has 176 valence electrons. The van der Waals surface area contributed by atoms with Crippen molar-refractivity contribution in [3.63, 3.8) is 0 Å². The van der Waals surface area contributed by atoms with Crippen LogP contribution in [-0.2, 0) is 10.3 Å². The fourth-order valence-electron chi connectivity index (χ4n) is 3.89. The van der Waals surface area contributed by atoms with Crippen molar-refractivity contribution in [3.8, 4) is 0 Å². The van der Waals surface area contributed by atoms with E-state index in [0.717, 1.165) is 25.7 Å². The van der Waals surface area contributed by atoms with E-state index in [0.29, 0.717) is 13.1 Å². The standard InChI is InChI=1S/C24H51NO3S/c1-3-5-7-9-11-13-15-17-19-21-23-25(29(26,27)28)24-22-20-18-16-14-12-10-8-6-4-2/h3-24H2,1-2H3,(H,26,27,28). The fourth-order valence-corrected chi connectivity index (χ4v) is 4.61. The van der Waals surface area contributed by atoms with Crippen molar-refractivity contribution in [1.29, 1.82) is 0 Å². The van der Waals surface area contributed by atoms with Gasteiger partial charge in [-0.3, -0.25) is 4.55 Å². The first-order valence-electron chi connectivity index (χ1n) is 12.7. The van der Waals surface area contributed by atoms with E-state index < -0.39 is 10.3 Å². The van der Waals surface area contributed by atoms with E-state index in [2.05, 4.69) is 13.8 Å². The van der Waals surface area contributed by atoms with Gasteiger partial charge in [0.1, 0.15) is 0 Å². The van der Waals surface area contributed by atoms with E-state index in [1.165, 1.54) is 107 Å². The third-order valence-electron chi connectivity index (χ3n) is 5.85. The summed E-state index contributed by atoms with van der Waals surface area (Å²) in [5.41, 5.74) is 0. The van der Waals surface area contributed by atoms with E-state index >= 15 is 0 Å². The Hall–Kier alpha value is -0.130. The van der Waals surface area contributed by atoms with Crippen LogP contribution in [0.15, 0.2) is 0 Å². The van der Waals surface area contributed by atoms with Crippen LogP contribution in [0.1, 0.15) is 142 Å². The quantitative estimate of drug-likeness (QED) is 0.131. The second-order valence-corrected chi connectivity index (χ2v) is 10.2. The van der Waals surface area contributed by atoms with Gasteiger partial charge in [0.25, 0.3) is 0 Å². The summed E-state index contributed by atoms with van der Waals surface area (Å²) in [7, 11) is -4.05. The Morgan fingerprint density at radius 1 is 0.483 bits per heavy atom. The molecule has 5 heteroatoms. The Morgan fingerprint density at radius 2 is 0.724 bits per heavy atom. The van der Waals surface area contributed by atoms with Crippen LogP contribution in [0.3, 0.4) is 0 Å². The van der Waals surface area contributed by atoms with Crippen molar-refractivity contribution < 1.29 is 13.0 Å². The molecule has 0 aliphatic carbocycles. The first kappa shape index (κ1) is 28.9. The van der Waals surface area contributed by atoms with Crippen LogP contribution in [0.5, 0.6) is 0 Å². The molecule has 0 amide bonds. The summed E-state index contributed by atoms with van der Waals surface area (Å²) in [6.45, 7) is 5.41. The summed E-state index contributed by atoms with van der Waals surface area (Å²) >= 11 is 0. The topological polar surface area (TPSA) is 57.6 Å². The van der Waals surface area contributed by atoms with Crippen molar-refractivity contribution in [2.24, 2.45) is 0 Å². The van der Waals surface area contributed by atoms with Gasteiger partial charge in [-0.05, 0) is 12.8 Å². The molecule has 0 radical (unpaired) electrons. The summed E-state index contributed by atoms with van der Waals surface area (Å²) in [5, 5.41) is 0. The molecule has 1 N–H and O–H groups in total. The number of hydrogen-bond acceptors (Lipinski definition) is 2. The van der Waals surface area contributed by atoms with Crippen molar-refractivity contribution in [2.45, 2.75) is 142 Å². The van der Waals surface area contributed by atoms with Crippen LogP contribution >= 0.6 is 0 Å². The maximum absolute atomic E-state index is 11.6. The van der Waals surface area contributed by atoms with Gasteiger partial charge in [-0.15, -0.1) is 0 Å². The highest BCUT2D eigenvalue weighted by Crippen LogP contribution is 2.13. The predicted octanol–water partition coefficient (Wildman–Crippen LogP) is 7.93. The normalized spacial score (nSPS) is 12.1. The Morgan fingerprint density at radius 3 is 0.966 bits per heavy atom. The van der Waals surface area contributed by atoms with E-state index in [1.54, 1.807) is 0 Å². The highest BCUT2D eigenvalue weighted by molar-refractivity contribution is 7.83. The summed E-state index contributed by atoms with van der Waals surface area (Å²) < 4.78 is 33.9. The van der Waals surface area contributed by atoms with Crippen molar-refractivity contribution in [3.05, 3.63) is 0 Å². The fraction of sp³-hybridized carbons (Fsp3) is 1.00. The smallest absolute Gasteiger partial charge is 0.273 e. The Kier molecular flexibility index (Phi) is 21.0. The molecule has 29 heavy (non-hydrogen) atoms. The molecule has 0 aliphatic rings. The lowest BCUT2D eigenvalue weighted by atomic mass is 10.1. The zero-order chi connectivity index (χ0) is 21.6. The Labute approximate surface area is 183 Å². The van der Waals surface area contributed by atoms with Crippen LogP contribution in [0.25, 0.3) is 0 Å². The average molecular weight is 434 g/mol. The van der Waals surface area contributed by atoms with Gasteiger partial charge in [-0.25, -0.2) is 0 Å². The van der Waals surface area contributed by atoms with Gasteiger partial charge in [0.15, 0.2) is 0 Å². The van der Waals surface area contributed by atoms with E-state index in [-0.39, 0.29) is 0 Å². The summed E-state index contributed by atoms with van der Waals surface area (Å²) in [6, 6.07) is 0. The second kappa shape index (κ2) is 21.1. The zero-order valence-electron chi connectivity index (χ0n) is 19.7. The van der Waals surface area contributed by atoms with Crippen LogP contribution in [0, 0.1) is 0 Å². The molecule has 0 aromatic rings. The summed E-state index contributed by atoms with van der Waals surface area (Å²) in [5.74, 6) is 0. The Balaban J connectivity index is 3.63. The third-order valence-corrected chi connectivity index (χ3v) is 6.87. The van der Waals surface area contributed by atoms with Crippen LogP contribution < -0.4 is 0 Å². The summed E-state index contributed by atoms with van der Waals surface area (Å²) in [6.07, 6.45) is 24.6. The van der Waals surface area contributed by atoms with Gasteiger partial charge in [-0.2, -0.15) is 12.7 Å². The maximum atomic E-state index is 11.6. The lowest BCUT2D eigenvalue weighted by molar-refractivity contribution is 0.335. The molecule has 0 atom stereocenters. The molecule has 0 bridgehead atoms.